The Balaban J connectivity index is 1.85. The highest BCUT2D eigenvalue weighted by Gasteiger charge is 2.17. The fraction of sp³-hybridized carbons (Fsp3) is 0.368. The Kier molecular flexibility index (Phi) is 5.30. The number of ether oxygens (including phenoxy) is 1. The number of aryl methyl sites for hydroxylation is 2. The molecule has 0 radical (unpaired) electrons. The molecule has 25 heavy (non-hydrogen) atoms. The Morgan fingerprint density at radius 3 is 2.40 bits per heavy atom. The molecule has 3 rings (SSSR count). The SMILES string of the molecule is CCc1ccc(S(=O)(=O)Nc2cc(N3CCOCC3)ccc2C)cc1. The summed E-state index contributed by atoms with van der Waals surface area (Å²) in [5.74, 6) is 0. The normalized spacial score (nSPS) is 15.2. The molecule has 1 N–H and O–H groups in total. The lowest BCUT2D eigenvalue weighted by Gasteiger charge is -2.29. The van der Waals surface area contributed by atoms with E-state index >= 15 is 0 Å². The molecule has 0 spiro atoms. The Bertz CT molecular complexity index is 826. The Morgan fingerprint density at radius 2 is 1.76 bits per heavy atom. The van der Waals surface area contributed by atoms with Crippen LogP contribution in [0.4, 0.5) is 11.4 Å². The first-order valence-electron chi connectivity index (χ1n) is 8.55. The number of nitrogens with one attached hydrogen (secondary N) is 1. The van der Waals surface area contributed by atoms with E-state index in [0.29, 0.717) is 18.9 Å². The van der Waals surface area contributed by atoms with Gasteiger partial charge in [-0.1, -0.05) is 25.1 Å². The zero-order chi connectivity index (χ0) is 17.9. The minimum Gasteiger partial charge on any atom is -0.378 e. The van der Waals surface area contributed by atoms with Crippen LogP contribution in [0.25, 0.3) is 0 Å². The van der Waals surface area contributed by atoms with Gasteiger partial charge in [0.1, 0.15) is 0 Å². The summed E-state index contributed by atoms with van der Waals surface area (Å²) in [6.45, 7) is 6.96. The van der Waals surface area contributed by atoms with Crippen LogP contribution in [0.5, 0.6) is 0 Å². The van der Waals surface area contributed by atoms with Crippen molar-refractivity contribution in [1.29, 1.82) is 0 Å². The van der Waals surface area contributed by atoms with Crippen LogP contribution in [0.1, 0.15) is 18.1 Å². The molecule has 1 aliphatic heterocycles. The average molecular weight is 360 g/mol. The van der Waals surface area contributed by atoms with Gasteiger partial charge >= 0.3 is 0 Å². The number of rotatable bonds is 5. The summed E-state index contributed by atoms with van der Waals surface area (Å²) in [5, 5.41) is 0. The topological polar surface area (TPSA) is 58.6 Å². The van der Waals surface area contributed by atoms with Crippen LogP contribution in [-0.4, -0.2) is 34.7 Å². The van der Waals surface area contributed by atoms with Gasteiger partial charge in [-0.2, -0.15) is 0 Å². The molecule has 0 aliphatic carbocycles. The van der Waals surface area contributed by atoms with Crippen molar-refractivity contribution in [3.63, 3.8) is 0 Å². The lowest BCUT2D eigenvalue weighted by molar-refractivity contribution is 0.122. The Morgan fingerprint density at radius 1 is 1.08 bits per heavy atom. The number of hydrogen-bond acceptors (Lipinski definition) is 4. The molecule has 0 atom stereocenters. The number of benzene rings is 2. The van der Waals surface area contributed by atoms with E-state index in [2.05, 4.69) is 9.62 Å². The van der Waals surface area contributed by atoms with E-state index in [1.165, 1.54) is 0 Å². The van der Waals surface area contributed by atoms with Crippen molar-refractivity contribution in [3.8, 4) is 0 Å². The predicted octanol–water partition coefficient (Wildman–Crippen LogP) is 3.19. The summed E-state index contributed by atoms with van der Waals surface area (Å²) in [4.78, 5) is 2.48. The van der Waals surface area contributed by atoms with Crippen LogP contribution in [0.15, 0.2) is 47.4 Å². The minimum atomic E-state index is -3.60. The van der Waals surface area contributed by atoms with Gasteiger partial charge in [-0.15, -0.1) is 0 Å². The summed E-state index contributed by atoms with van der Waals surface area (Å²) in [5.41, 5.74) is 3.63. The van der Waals surface area contributed by atoms with E-state index in [4.69, 9.17) is 4.74 Å². The fourth-order valence-electron chi connectivity index (χ4n) is 2.85. The van der Waals surface area contributed by atoms with Crippen molar-refractivity contribution in [3.05, 3.63) is 53.6 Å². The highest BCUT2D eigenvalue weighted by Crippen LogP contribution is 2.26. The van der Waals surface area contributed by atoms with Crippen molar-refractivity contribution in [1.82, 2.24) is 0 Å². The number of morpholine rings is 1. The molecule has 0 saturated carbocycles. The maximum atomic E-state index is 12.7. The van der Waals surface area contributed by atoms with Crippen molar-refractivity contribution in [2.45, 2.75) is 25.2 Å². The van der Waals surface area contributed by atoms with Crippen LogP contribution < -0.4 is 9.62 Å². The summed E-state index contributed by atoms with van der Waals surface area (Å²) >= 11 is 0. The molecule has 5 nitrogen and oxygen atoms in total. The van der Waals surface area contributed by atoms with Gasteiger partial charge in [-0.05, 0) is 48.7 Å². The van der Waals surface area contributed by atoms with E-state index in [0.717, 1.165) is 36.3 Å². The van der Waals surface area contributed by atoms with Crippen molar-refractivity contribution in [2.24, 2.45) is 0 Å². The maximum absolute atomic E-state index is 12.7. The van der Waals surface area contributed by atoms with Crippen LogP contribution in [0.2, 0.25) is 0 Å². The fourth-order valence-corrected chi connectivity index (χ4v) is 3.97. The van der Waals surface area contributed by atoms with Gasteiger partial charge in [-0.25, -0.2) is 8.42 Å². The second kappa shape index (κ2) is 7.45. The summed E-state index contributed by atoms with van der Waals surface area (Å²) in [6, 6.07) is 12.9. The van der Waals surface area contributed by atoms with Crippen LogP contribution >= 0.6 is 0 Å². The van der Waals surface area contributed by atoms with E-state index < -0.39 is 10.0 Å². The Labute approximate surface area is 149 Å². The molecule has 1 heterocycles. The molecule has 1 saturated heterocycles. The average Bonchev–Trinajstić information content (AvgIpc) is 2.64. The third kappa shape index (κ3) is 4.14. The molecule has 134 valence electrons. The first-order valence-corrected chi connectivity index (χ1v) is 10.0. The third-order valence-electron chi connectivity index (χ3n) is 4.48. The summed E-state index contributed by atoms with van der Waals surface area (Å²) in [6.07, 6.45) is 0.883. The molecule has 0 amide bonds. The monoisotopic (exact) mass is 360 g/mol. The van der Waals surface area contributed by atoms with E-state index in [9.17, 15) is 8.42 Å². The maximum Gasteiger partial charge on any atom is 0.261 e. The van der Waals surface area contributed by atoms with Gasteiger partial charge in [-0.3, -0.25) is 4.72 Å². The smallest absolute Gasteiger partial charge is 0.261 e. The molecule has 0 aromatic heterocycles. The summed E-state index contributed by atoms with van der Waals surface area (Å²) < 4.78 is 33.5. The molecule has 6 heteroatoms. The molecular weight excluding hydrogens is 336 g/mol. The van der Waals surface area contributed by atoms with Crippen molar-refractivity contribution in [2.75, 3.05) is 35.9 Å². The summed E-state index contributed by atoms with van der Waals surface area (Å²) in [7, 11) is -3.60. The van der Waals surface area contributed by atoms with Gasteiger partial charge in [0, 0.05) is 18.8 Å². The number of sulfonamides is 1. The highest BCUT2D eigenvalue weighted by molar-refractivity contribution is 7.92. The predicted molar refractivity (Wildman–Crippen MR) is 101 cm³/mol. The van der Waals surface area contributed by atoms with Gasteiger partial charge in [0.05, 0.1) is 23.8 Å². The van der Waals surface area contributed by atoms with E-state index in [1.54, 1.807) is 12.1 Å². The van der Waals surface area contributed by atoms with Gasteiger partial charge < -0.3 is 9.64 Å². The second-order valence-corrected chi connectivity index (χ2v) is 7.88. The largest absolute Gasteiger partial charge is 0.378 e. The van der Waals surface area contributed by atoms with Crippen LogP contribution in [0.3, 0.4) is 0 Å². The molecule has 2 aromatic carbocycles. The van der Waals surface area contributed by atoms with Crippen molar-refractivity contribution >= 4 is 21.4 Å². The van der Waals surface area contributed by atoms with Crippen LogP contribution in [-0.2, 0) is 21.2 Å². The lowest BCUT2D eigenvalue weighted by Crippen LogP contribution is -2.36. The highest BCUT2D eigenvalue weighted by atomic mass is 32.2. The van der Waals surface area contributed by atoms with E-state index in [1.807, 2.05) is 44.2 Å². The first kappa shape index (κ1) is 17.8. The molecule has 0 unspecified atom stereocenters. The van der Waals surface area contributed by atoms with Crippen LogP contribution in [0, 0.1) is 6.92 Å². The standard InChI is InChI=1S/C19H24N2O3S/c1-3-16-5-8-18(9-6-16)25(22,23)20-19-14-17(7-4-15(19)2)21-10-12-24-13-11-21/h4-9,14,20H,3,10-13H2,1-2H3. The first-order chi connectivity index (χ1) is 12.0. The zero-order valence-electron chi connectivity index (χ0n) is 14.7. The molecule has 2 aromatic rings. The number of hydrogen-bond donors (Lipinski definition) is 1. The quantitative estimate of drug-likeness (QED) is 0.890. The van der Waals surface area contributed by atoms with Gasteiger partial charge in [0.2, 0.25) is 0 Å². The zero-order valence-corrected chi connectivity index (χ0v) is 15.5. The van der Waals surface area contributed by atoms with Crippen molar-refractivity contribution < 1.29 is 13.2 Å². The molecule has 1 aliphatic rings. The van der Waals surface area contributed by atoms with E-state index in [-0.39, 0.29) is 4.90 Å². The Hall–Kier alpha value is -2.05. The number of nitrogens with zero attached hydrogens (tertiary/aromatic N) is 1. The lowest BCUT2D eigenvalue weighted by atomic mass is 10.1. The van der Waals surface area contributed by atoms with Gasteiger partial charge in [0.25, 0.3) is 10.0 Å². The minimum absolute atomic E-state index is 0.279. The van der Waals surface area contributed by atoms with Gasteiger partial charge in [0.15, 0.2) is 0 Å². The molecular formula is C19H24N2O3S. The number of anilines is 2. The molecule has 1 fully saturated rings. The second-order valence-electron chi connectivity index (χ2n) is 6.20. The third-order valence-corrected chi connectivity index (χ3v) is 5.87. The molecule has 0 bridgehead atoms.